The Morgan fingerprint density at radius 1 is 1.32 bits per heavy atom. The van der Waals surface area contributed by atoms with E-state index in [4.69, 9.17) is 0 Å². The minimum absolute atomic E-state index is 0.200. The van der Waals surface area contributed by atoms with Crippen molar-refractivity contribution in [2.75, 3.05) is 5.32 Å². The lowest BCUT2D eigenvalue weighted by molar-refractivity contribution is 0.102. The summed E-state index contributed by atoms with van der Waals surface area (Å²) in [6, 6.07) is 7.15. The summed E-state index contributed by atoms with van der Waals surface area (Å²) < 4.78 is 1.46. The van der Waals surface area contributed by atoms with E-state index in [0.717, 1.165) is 0 Å². The maximum Gasteiger partial charge on any atom is 0.277 e. The molecule has 0 aliphatic carbocycles. The number of H-pyrrole nitrogens is 1. The first-order valence-corrected chi connectivity index (χ1v) is 5.34. The molecule has 0 bridgehead atoms. The third-order valence-corrected chi connectivity index (χ3v) is 2.40. The summed E-state index contributed by atoms with van der Waals surface area (Å²) in [5.41, 5.74) is 1.43. The molecule has 0 saturated heterocycles. The van der Waals surface area contributed by atoms with Crippen LogP contribution in [0.4, 0.5) is 5.69 Å². The summed E-state index contributed by atoms with van der Waals surface area (Å²) in [4.78, 5) is 11.9. The van der Waals surface area contributed by atoms with Crippen LogP contribution < -0.4 is 5.32 Å². The van der Waals surface area contributed by atoms with Gasteiger partial charge in [-0.05, 0) is 22.6 Å². The van der Waals surface area contributed by atoms with E-state index in [9.17, 15) is 4.79 Å². The zero-order chi connectivity index (χ0) is 13.1. The van der Waals surface area contributed by atoms with Crippen molar-refractivity contribution in [3.63, 3.8) is 0 Å². The zero-order valence-electron chi connectivity index (χ0n) is 9.56. The summed E-state index contributed by atoms with van der Waals surface area (Å²) in [5, 5.41) is 23.3. The number of hydrogen-bond donors (Lipinski definition) is 2. The van der Waals surface area contributed by atoms with Gasteiger partial charge < -0.3 is 5.32 Å². The third kappa shape index (κ3) is 2.16. The van der Waals surface area contributed by atoms with Crippen LogP contribution in [-0.2, 0) is 0 Å². The van der Waals surface area contributed by atoms with E-state index in [2.05, 4.69) is 36.3 Å². The predicted molar refractivity (Wildman–Crippen MR) is 63.5 cm³/mol. The number of aromatic amines is 1. The van der Waals surface area contributed by atoms with Crippen molar-refractivity contribution in [2.24, 2.45) is 0 Å². The zero-order valence-corrected chi connectivity index (χ0v) is 9.56. The van der Waals surface area contributed by atoms with Crippen LogP contribution in [0.15, 0.2) is 36.8 Å². The molecule has 0 fully saturated rings. The Morgan fingerprint density at radius 2 is 2.21 bits per heavy atom. The number of anilines is 1. The van der Waals surface area contributed by atoms with E-state index in [-0.39, 0.29) is 11.6 Å². The normalized spacial score (nSPS) is 10.3. The average Bonchev–Trinajstić information content (AvgIpc) is 3.13. The number of benzene rings is 1. The number of amides is 1. The van der Waals surface area contributed by atoms with Gasteiger partial charge in [0.15, 0.2) is 5.69 Å². The molecule has 3 rings (SSSR count). The van der Waals surface area contributed by atoms with E-state index < -0.39 is 0 Å². The van der Waals surface area contributed by atoms with Crippen LogP contribution in [0.25, 0.3) is 5.69 Å². The van der Waals surface area contributed by atoms with Crippen molar-refractivity contribution in [1.29, 1.82) is 0 Å². The molecular weight excluding hydrogens is 248 g/mol. The first kappa shape index (κ1) is 11.0. The van der Waals surface area contributed by atoms with E-state index in [1.165, 1.54) is 17.2 Å². The highest BCUT2D eigenvalue weighted by atomic mass is 16.2. The molecule has 9 nitrogen and oxygen atoms in total. The van der Waals surface area contributed by atoms with E-state index >= 15 is 0 Å². The lowest BCUT2D eigenvalue weighted by atomic mass is 10.2. The van der Waals surface area contributed by atoms with Gasteiger partial charge in [0, 0.05) is 0 Å². The standard InChI is InChI=1S/C10H8N8O/c19-10(8-5-11-15-14-8)13-7-3-1-2-4-9(7)18-6-12-16-17-18/h1-6H,(H,13,19)(H,11,14,15). The highest BCUT2D eigenvalue weighted by Gasteiger charge is 2.12. The second-order valence-electron chi connectivity index (χ2n) is 3.58. The van der Waals surface area contributed by atoms with Gasteiger partial charge in [-0.25, -0.2) is 0 Å². The first-order valence-electron chi connectivity index (χ1n) is 5.34. The summed E-state index contributed by atoms with van der Waals surface area (Å²) in [7, 11) is 0. The van der Waals surface area contributed by atoms with Gasteiger partial charge >= 0.3 is 0 Å². The Bertz CT molecular complexity index is 675. The molecule has 2 N–H and O–H groups in total. The van der Waals surface area contributed by atoms with Crippen molar-refractivity contribution < 1.29 is 4.79 Å². The number of hydrogen-bond acceptors (Lipinski definition) is 6. The first-order chi connectivity index (χ1) is 9.34. The largest absolute Gasteiger partial charge is 0.319 e. The molecule has 0 radical (unpaired) electrons. The van der Waals surface area contributed by atoms with Crippen LogP contribution >= 0.6 is 0 Å². The van der Waals surface area contributed by atoms with Gasteiger partial charge in [-0.2, -0.15) is 20.1 Å². The van der Waals surface area contributed by atoms with E-state index in [1.54, 1.807) is 18.2 Å². The van der Waals surface area contributed by atoms with Gasteiger partial charge in [-0.3, -0.25) is 4.79 Å². The van der Waals surface area contributed by atoms with Crippen LogP contribution in [0.5, 0.6) is 0 Å². The number of nitrogens with one attached hydrogen (secondary N) is 2. The number of carbonyl (C=O) groups excluding carboxylic acids is 1. The molecule has 0 saturated carbocycles. The number of carbonyl (C=O) groups is 1. The number of rotatable bonds is 3. The minimum Gasteiger partial charge on any atom is -0.319 e. The topological polar surface area (TPSA) is 114 Å². The lowest BCUT2D eigenvalue weighted by Gasteiger charge is -2.08. The van der Waals surface area contributed by atoms with Crippen molar-refractivity contribution in [3.8, 4) is 5.69 Å². The maximum atomic E-state index is 11.9. The molecular formula is C10H8N8O. The lowest BCUT2D eigenvalue weighted by Crippen LogP contribution is -2.14. The van der Waals surface area contributed by atoms with Crippen molar-refractivity contribution >= 4 is 11.6 Å². The molecule has 1 aromatic carbocycles. The molecule has 2 heterocycles. The van der Waals surface area contributed by atoms with Gasteiger partial charge in [-0.1, -0.05) is 12.1 Å². The molecule has 0 spiro atoms. The van der Waals surface area contributed by atoms with Crippen LogP contribution in [0.2, 0.25) is 0 Å². The number of tetrazole rings is 1. The fourth-order valence-electron chi connectivity index (χ4n) is 1.55. The van der Waals surface area contributed by atoms with Crippen molar-refractivity contribution in [3.05, 3.63) is 42.5 Å². The molecule has 1 amide bonds. The predicted octanol–water partition coefficient (Wildman–Crippen LogP) is 0.0327. The molecule has 0 unspecified atom stereocenters. The van der Waals surface area contributed by atoms with E-state index in [1.807, 2.05) is 6.07 Å². The average molecular weight is 256 g/mol. The minimum atomic E-state index is -0.366. The fourth-order valence-corrected chi connectivity index (χ4v) is 1.55. The van der Waals surface area contributed by atoms with Gasteiger partial charge in [0.05, 0.1) is 17.6 Å². The number of nitrogens with zero attached hydrogens (tertiary/aromatic N) is 6. The second kappa shape index (κ2) is 4.64. The number of para-hydroxylation sites is 2. The van der Waals surface area contributed by atoms with Crippen molar-refractivity contribution in [1.82, 2.24) is 35.6 Å². The quantitative estimate of drug-likeness (QED) is 0.683. The third-order valence-electron chi connectivity index (χ3n) is 2.40. The maximum absolute atomic E-state index is 11.9. The van der Waals surface area contributed by atoms with Crippen LogP contribution in [0, 0.1) is 0 Å². The van der Waals surface area contributed by atoms with E-state index in [0.29, 0.717) is 11.4 Å². The van der Waals surface area contributed by atoms with Gasteiger partial charge in [0.2, 0.25) is 0 Å². The van der Waals surface area contributed by atoms with Gasteiger partial charge in [-0.15, -0.1) is 5.10 Å². The highest BCUT2D eigenvalue weighted by Crippen LogP contribution is 2.18. The summed E-state index contributed by atoms with van der Waals surface area (Å²) in [6.45, 7) is 0. The molecule has 0 atom stereocenters. The monoisotopic (exact) mass is 256 g/mol. The highest BCUT2D eigenvalue weighted by molar-refractivity contribution is 6.03. The number of aromatic nitrogens is 7. The molecule has 2 aromatic heterocycles. The van der Waals surface area contributed by atoms with Crippen LogP contribution in [0.1, 0.15) is 10.5 Å². The fraction of sp³-hybridized carbons (Fsp3) is 0. The van der Waals surface area contributed by atoms with Gasteiger partial charge in [0.1, 0.15) is 6.33 Å². The Morgan fingerprint density at radius 3 is 2.95 bits per heavy atom. The van der Waals surface area contributed by atoms with Crippen LogP contribution in [-0.4, -0.2) is 41.5 Å². The smallest absolute Gasteiger partial charge is 0.277 e. The SMILES string of the molecule is O=C(Nc1ccccc1-n1cnnn1)c1cn[nH]n1. The molecule has 0 aliphatic rings. The summed E-state index contributed by atoms with van der Waals surface area (Å²) in [6.07, 6.45) is 2.79. The molecule has 19 heavy (non-hydrogen) atoms. The summed E-state index contributed by atoms with van der Waals surface area (Å²) in [5.74, 6) is -0.366. The second-order valence-corrected chi connectivity index (χ2v) is 3.58. The Labute approximate surface area is 106 Å². The Balaban J connectivity index is 1.92. The molecule has 3 aromatic rings. The van der Waals surface area contributed by atoms with Crippen LogP contribution in [0.3, 0.4) is 0 Å². The molecule has 0 aliphatic heterocycles. The molecule has 9 heteroatoms. The summed E-state index contributed by atoms with van der Waals surface area (Å²) >= 11 is 0. The molecule has 94 valence electrons. The Hall–Kier alpha value is -3.10. The van der Waals surface area contributed by atoms with Crippen molar-refractivity contribution in [2.45, 2.75) is 0 Å². The Kier molecular flexibility index (Phi) is 2.69. The van der Waals surface area contributed by atoms with Gasteiger partial charge in [0.25, 0.3) is 5.91 Å².